The largest absolute Gasteiger partial charge is 0.497 e. The van der Waals surface area contributed by atoms with E-state index in [9.17, 15) is 0 Å². The smallest absolute Gasteiger partial charge is 0.258 e. The lowest BCUT2D eigenvalue weighted by atomic mass is 10.1. The first-order valence-corrected chi connectivity index (χ1v) is 8.68. The number of rotatable bonds is 6. The van der Waals surface area contributed by atoms with Crippen molar-refractivity contribution in [3.05, 3.63) is 59.8 Å². The van der Waals surface area contributed by atoms with E-state index in [1.54, 1.807) is 43.3 Å². The summed E-state index contributed by atoms with van der Waals surface area (Å²) in [7, 11) is 3.17. The number of benzene rings is 2. The SMILES string of the molecule is COc1cc(OC)cc(-c2nc(-c3cn(Cc4ccc(C)cc4)nn3)no2)c1. The zero-order chi connectivity index (χ0) is 19.5. The van der Waals surface area contributed by atoms with Crippen LogP contribution in [0.15, 0.2) is 53.2 Å². The molecule has 4 rings (SSSR count). The number of aryl methyl sites for hydroxylation is 1. The van der Waals surface area contributed by atoms with Gasteiger partial charge in [-0.25, -0.2) is 4.68 Å². The van der Waals surface area contributed by atoms with Crippen molar-refractivity contribution >= 4 is 0 Å². The van der Waals surface area contributed by atoms with E-state index in [1.165, 1.54) is 5.56 Å². The molecule has 28 heavy (non-hydrogen) atoms. The van der Waals surface area contributed by atoms with Crippen LogP contribution in [0.1, 0.15) is 11.1 Å². The summed E-state index contributed by atoms with van der Waals surface area (Å²) in [5.41, 5.74) is 3.59. The summed E-state index contributed by atoms with van der Waals surface area (Å²) in [6.45, 7) is 2.67. The summed E-state index contributed by atoms with van der Waals surface area (Å²) in [6, 6.07) is 13.7. The fraction of sp³-hybridized carbons (Fsp3) is 0.200. The van der Waals surface area contributed by atoms with E-state index in [2.05, 4.69) is 51.6 Å². The molecule has 0 atom stereocenters. The third-order valence-electron chi connectivity index (χ3n) is 4.26. The second kappa shape index (κ2) is 7.51. The quantitative estimate of drug-likeness (QED) is 0.509. The van der Waals surface area contributed by atoms with Crippen LogP contribution in [0.25, 0.3) is 23.0 Å². The predicted octanol–water partition coefficient (Wildman–Crippen LogP) is 3.37. The van der Waals surface area contributed by atoms with Gasteiger partial charge in [0.25, 0.3) is 5.89 Å². The highest BCUT2D eigenvalue weighted by molar-refractivity contribution is 5.61. The molecular weight excluding hydrogens is 358 g/mol. The Balaban J connectivity index is 1.56. The van der Waals surface area contributed by atoms with Crippen LogP contribution in [-0.4, -0.2) is 39.4 Å². The van der Waals surface area contributed by atoms with Gasteiger partial charge in [-0.1, -0.05) is 40.2 Å². The summed E-state index contributed by atoms with van der Waals surface area (Å²) < 4.78 is 17.7. The molecule has 2 aromatic heterocycles. The molecule has 0 saturated carbocycles. The van der Waals surface area contributed by atoms with Gasteiger partial charge < -0.3 is 14.0 Å². The first kappa shape index (κ1) is 17.7. The molecule has 0 fully saturated rings. The molecule has 2 aromatic carbocycles. The summed E-state index contributed by atoms with van der Waals surface area (Å²) in [4.78, 5) is 4.43. The van der Waals surface area contributed by atoms with E-state index in [-0.39, 0.29) is 0 Å². The van der Waals surface area contributed by atoms with Crippen LogP contribution in [0.3, 0.4) is 0 Å². The highest BCUT2D eigenvalue weighted by Crippen LogP contribution is 2.29. The first-order valence-electron chi connectivity index (χ1n) is 8.68. The van der Waals surface area contributed by atoms with E-state index in [0.717, 1.165) is 5.56 Å². The standard InChI is InChI=1S/C20H19N5O3/c1-13-4-6-14(7-5-13)11-25-12-18(22-24-25)19-21-20(28-23-19)15-8-16(26-2)10-17(9-15)27-3/h4-10,12H,11H2,1-3H3. The van der Waals surface area contributed by atoms with Gasteiger partial charge in [0.2, 0.25) is 5.82 Å². The van der Waals surface area contributed by atoms with Gasteiger partial charge in [-0.2, -0.15) is 4.98 Å². The monoisotopic (exact) mass is 377 g/mol. The van der Waals surface area contributed by atoms with Gasteiger partial charge in [-0.3, -0.25) is 0 Å². The lowest BCUT2D eigenvalue weighted by molar-refractivity contribution is 0.393. The fourth-order valence-corrected chi connectivity index (χ4v) is 2.73. The molecular formula is C20H19N5O3. The van der Waals surface area contributed by atoms with Crippen LogP contribution in [0, 0.1) is 6.92 Å². The highest BCUT2D eigenvalue weighted by Gasteiger charge is 2.15. The van der Waals surface area contributed by atoms with E-state index >= 15 is 0 Å². The molecule has 0 N–H and O–H groups in total. The van der Waals surface area contributed by atoms with Crippen LogP contribution >= 0.6 is 0 Å². The average Bonchev–Trinajstić information content (AvgIpc) is 3.39. The summed E-state index contributed by atoms with van der Waals surface area (Å²) >= 11 is 0. The number of aromatic nitrogens is 5. The van der Waals surface area contributed by atoms with Crippen LogP contribution in [0.5, 0.6) is 11.5 Å². The summed E-state index contributed by atoms with van der Waals surface area (Å²) in [6.07, 6.45) is 1.79. The minimum Gasteiger partial charge on any atom is -0.497 e. The number of hydrogen-bond donors (Lipinski definition) is 0. The molecule has 0 saturated heterocycles. The Morgan fingerprint density at radius 1 is 1.00 bits per heavy atom. The van der Waals surface area contributed by atoms with Crippen molar-refractivity contribution in [3.63, 3.8) is 0 Å². The highest BCUT2D eigenvalue weighted by atomic mass is 16.5. The van der Waals surface area contributed by atoms with Gasteiger partial charge in [0.1, 0.15) is 11.5 Å². The van der Waals surface area contributed by atoms with E-state index in [1.807, 2.05) is 0 Å². The second-order valence-electron chi connectivity index (χ2n) is 6.31. The van der Waals surface area contributed by atoms with Crippen LogP contribution in [0.4, 0.5) is 0 Å². The predicted molar refractivity (Wildman–Crippen MR) is 102 cm³/mol. The first-order chi connectivity index (χ1) is 13.6. The second-order valence-corrected chi connectivity index (χ2v) is 6.31. The maximum Gasteiger partial charge on any atom is 0.258 e. The minimum absolute atomic E-state index is 0.347. The number of hydrogen-bond acceptors (Lipinski definition) is 7. The van der Waals surface area contributed by atoms with Gasteiger partial charge >= 0.3 is 0 Å². The van der Waals surface area contributed by atoms with E-state index in [4.69, 9.17) is 14.0 Å². The van der Waals surface area contributed by atoms with Gasteiger partial charge in [0, 0.05) is 11.6 Å². The Morgan fingerprint density at radius 2 is 1.71 bits per heavy atom. The van der Waals surface area contributed by atoms with Crippen molar-refractivity contribution in [1.82, 2.24) is 25.1 Å². The molecule has 0 aliphatic rings. The Morgan fingerprint density at radius 3 is 2.39 bits per heavy atom. The molecule has 0 radical (unpaired) electrons. The van der Waals surface area contributed by atoms with Crippen molar-refractivity contribution in [2.24, 2.45) is 0 Å². The van der Waals surface area contributed by atoms with Gasteiger partial charge in [-0.15, -0.1) is 5.10 Å². The molecule has 0 bridgehead atoms. The zero-order valence-corrected chi connectivity index (χ0v) is 15.8. The van der Waals surface area contributed by atoms with Crippen molar-refractivity contribution in [3.8, 4) is 34.5 Å². The third-order valence-corrected chi connectivity index (χ3v) is 4.26. The van der Waals surface area contributed by atoms with Gasteiger partial charge in [0.15, 0.2) is 5.69 Å². The number of nitrogens with zero attached hydrogens (tertiary/aromatic N) is 5. The molecule has 0 aliphatic heterocycles. The lowest BCUT2D eigenvalue weighted by Gasteiger charge is -2.05. The van der Waals surface area contributed by atoms with Crippen molar-refractivity contribution in [1.29, 1.82) is 0 Å². The molecule has 142 valence electrons. The van der Waals surface area contributed by atoms with Crippen LogP contribution < -0.4 is 9.47 Å². The molecule has 0 spiro atoms. The lowest BCUT2D eigenvalue weighted by Crippen LogP contribution is -2.00. The Labute approximate surface area is 161 Å². The maximum absolute atomic E-state index is 5.40. The summed E-state index contributed by atoms with van der Waals surface area (Å²) in [5, 5.41) is 12.3. The summed E-state index contributed by atoms with van der Waals surface area (Å²) in [5.74, 6) is 1.99. The fourth-order valence-electron chi connectivity index (χ4n) is 2.73. The molecule has 4 aromatic rings. The van der Waals surface area contributed by atoms with Crippen molar-refractivity contribution < 1.29 is 14.0 Å². The van der Waals surface area contributed by atoms with E-state index in [0.29, 0.717) is 41.0 Å². The minimum atomic E-state index is 0.347. The average molecular weight is 377 g/mol. The van der Waals surface area contributed by atoms with Crippen molar-refractivity contribution in [2.75, 3.05) is 14.2 Å². The topological polar surface area (TPSA) is 88.1 Å². The maximum atomic E-state index is 5.40. The van der Waals surface area contributed by atoms with Crippen molar-refractivity contribution in [2.45, 2.75) is 13.5 Å². The van der Waals surface area contributed by atoms with E-state index < -0.39 is 0 Å². The molecule has 0 unspecified atom stereocenters. The Bertz CT molecular complexity index is 1060. The Kier molecular flexibility index (Phi) is 4.76. The molecule has 0 aliphatic carbocycles. The third kappa shape index (κ3) is 3.71. The Hall–Kier alpha value is -3.68. The van der Waals surface area contributed by atoms with Crippen LogP contribution in [-0.2, 0) is 6.54 Å². The molecule has 8 nitrogen and oxygen atoms in total. The normalized spacial score (nSPS) is 10.8. The number of ether oxygens (including phenoxy) is 2. The molecule has 0 amide bonds. The van der Waals surface area contributed by atoms with Gasteiger partial charge in [0.05, 0.1) is 27.0 Å². The zero-order valence-electron chi connectivity index (χ0n) is 15.8. The number of methoxy groups -OCH3 is 2. The van der Waals surface area contributed by atoms with Gasteiger partial charge in [-0.05, 0) is 24.6 Å². The molecule has 8 heteroatoms. The molecule has 2 heterocycles. The van der Waals surface area contributed by atoms with Crippen LogP contribution in [0.2, 0.25) is 0 Å².